The summed E-state index contributed by atoms with van der Waals surface area (Å²) in [6.45, 7) is 4.39. The quantitative estimate of drug-likeness (QED) is 0.226. The van der Waals surface area contributed by atoms with Crippen molar-refractivity contribution >= 4 is 5.97 Å². The van der Waals surface area contributed by atoms with Crippen LogP contribution in [0.5, 0.6) is 0 Å². The number of aromatic nitrogens is 1. The summed E-state index contributed by atoms with van der Waals surface area (Å²) in [6.07, 6.45) is 7.90. The lowest BCUT2D eigenvalue weighted by Crippen LogP contribution is -2.20. The summed E-state index contributed by atoms with van der Waals surface area (Å²) >= 11 is 0. The molecule has 0 radical (unpaired) electrons. The molecule has 3 unspecified atom stereocenters. The molecule has 0 bridgehead atoms. The number of allylic oxidation sites excluding steroid dienone is 3. The monoisotopic (exact) mass is 524 g/mol. The summed E-state index contributed by atoms with van der Waals surface area (Å²) in [7, 11) is 0. The lowest BCUT2D eigenvalue weighted by molar-refractivity contribution is -0.141. The number of aliphatic carboxylic acids is 1. The van der Waals surface area contributed by atoms with E-state index < -0.39 is 17.5 Å². The molecular weight excluding hydrogens is 492 g/mol. The Balaban J connectivity index is 1.33. The maximum atomic E-state index is 11.7. The molecule has 2 aliphatic rings. The van der Waals surface area contributed by atoms with Gasteiger partial charge in [0.1, 0.15) is 11.8 Å². The number of hydrogen-bond acceptors (Lipinski definition) is 7. The number of aliphatic hydroxyl groups excluding tert-OH is 1. The van der Waals surface area contributed by atoms with E-state index in [4.69, 9.17) is 10.1 Å². The molecule has 1 saturated carbocycles. The maximum absolute atomic E-state index is 11.7. The van der Waals surface area contributed by atoms with E-state index in [2.05, 4.69) is 34.7 Å². The van der Waals surface area contributed by atoms with Crippen LogP contribution in [0.4, 0.5) is 0 Å². The summed E-state index contributed by atoms with van der Waals surface area (Å²) in [4.78, 5) is 11.7. The molecule has 0 aliphatic heterocycles. The number of nitrogens with one attached hydrogen (secondary N) is 2. The third kappa shape index (κ3) is 5.20. The van der Waals surface area contributed by atoms with Crippen molar-refractivity contribution in [1.82, 2.24) is 10.5 Å². The summed E-state index contributed by atoms with van der Waals surface area (Å²) in [5.74, 6) is -0.0266. The average molecular weight is 525 g/mol. The highest BCUT2D eigenvalue weighted by Gasteiger charge is 2.53. The number of hydrogen-bond donors (Lipinski definition) is 4. The van der Waals surface area contributed by atoms with Gasteiger partial charge >= 0.3 is 5.97 Å². The van der Waals surface area contributed by atoms with Crippen LogP contribution in [-0.2, 0) is 11.3 Å². The Labute approximate surface area is 227 Å². The Morgan fingerprint density at radius 1 is 1.23 bits per heavy atom. The van der Waals surface area contributed by atoms with Crippen LogP contribution in [0.2, 0.25) is 0 Å². The molecule has 8 heteroatoms. The maximum Gasteiger partial charge on any atom is 0.314 e. The molecule has 0 saturated heterocycles. The second kappa shape index (κ2) is 10.8. The molecule has 0 amide bonds. The van der Waals surface area contributed by atoms with Crippen molar-refractivity contribution in [3.8, 4) is 11.3 Å². The van der Waals surface area contributed by atoms with Crippen LogP contribution >= 0.6 is 0 Å². The number of carboxylic acid groups (broad SMARTS) is 1. The van der Waals surface area contributed by atoms with E-state index in [1.807, 2.05) is 60.7 Å². The summed E-state index contributed by atoms with van der Waals surface area (Å²) in [5, 5.41) is 31.5. The van der Waals surface area contributed by atoms with Gasteiger partial charge in [-0.2, -0.15) is 5.11 Å². The van der Waals surface area contributed by atoms with Gasteiger partial charge in [-0.3, -0.25) is 4.79 Å². The molecule has 39 heavy (non-hydrogen) atoms. The van der Waals surface area contributed by atoms with Crippen LogP contribution in [0, 0.1) is 23.8 Å². The lowest BCUT2D eigenvalue weighted by Gasteiger charge is -2.26. The van der Waals surface area contributed by atoms with Gasteiger partial charge in [0.15, 0.2) is 5.76 Å². The molecule has 1 heterocycles. The highest BCUT2D eigenvalue weighted by Crippen LogP contribution is 2.54. The summed E-state index contributed by atoms with van der Waals surface area (Å²) in [5.41, 5.74) is 11.9. The zero-order chi connectivity index (χ0) is 27.6. The molecule has 2 aliphatic carbocycles. The molecule has 4 N–H and O–H groups in total. The van der Waals surface area contributed by atoms with Crippen LogP contribution in [0.1, 0.15) is 54.2 Å². The van der Waals surface area contributed by atoms with Crippen molar-refractivity contribution < 1.29 is 19.5 Å². The normalized spacial score (nSPS) is 20.7. The van der Waals surface area contributed by atoms with Crippen molar-refractivity contribution in [3.05, 3.63) is 113 Å². The summed E-state index contributed by atoms with van der Waals surface area (Å²) in [6, 6.07) is 17.7. The molecule has 8 nitrogen and oxygen atoms in total. The van der Waals surface area contributed by atoms with Crippen LogP contribution in [0.3, 0.4) is 0 Å². The van der Waals surface area contributed by atoms with E-state index in [1.165, 1.54) is 0 Å². The number of rotatable bonds is 10. The predicted octanol–water partition coefficient (Wildman–Crippen LogP) is 6.43. The number of aliphatic hydroxyl groups is 1. The van der Waals surface area contributed by atoms with Gasteiger partial charge in [0.2, 0.25) is 0 Å². The largest absolute Gasteiger partial charge is 0.481 e. The minimum Gasteiger partial charge on any atom is -0.481 e. The number of nitrogens with zero attached hydrogens (tertiary/aromatic N) is 2. The van der Waals surface area contributed by atoms with E-state index in [-0.39, 0.29) is 17.5 Å². The number of benzene rings is 2. The fraction of sp³-hybridized carbons (Fsp3) is 0.290. The van der Waals surface area contributed by atoms with E-state index >= 15 is 0 Å². The van der Waals surface area contributed by atoms with Crippen LogP contribution in [-0.4, -0.2) is 21.3 Å². The minimum absolute atomic E-state index is 0.126. The first-order chi connectivity index (χ1) is 18.8. The fourth-order valence-electron chi connectivity index (χ4n) is 5.26. The van der Waals surface area contributed by atoms with Crippen molar-refractivity contribution in [2.24, 2.45) is 16.4 Å². The van der Waals surface area contributed by atoms with Gasteiger partial charge in [-0.1, -0.05) is 84.9 Å². The minimum atomic E-state index is -1.19. The van der Waals surface area contributed by atoms with Crippen molar-refractivity contribution in [1.29, 1.82) is 5.53 Å². The fourth-order valence-corrected chi connectivity index (χ4v) is 5.26. The average Bonchev–Trinajstić information content (AvgIpc) is 3.68. The molecule has 2 aromatic carbocycles. The van der Waals surface area contributed by atoms with Gasteiger partial charge in [-0.25, -0.2) is 5.53 Å². The Bertz CT molecular complexity index is 1450. The van der Waals surface area contributed by atoms with Gasteiger partial charge in [-0.05, 0) is 42.4 Å². The first-order valence-corrected chi connectivity index (χ1v) is 13.1. The Hall–Kier alpha value is -4.30. The molecule has 5 rings (SSSR count). The Morgan fingerprint density at radius 2 is 1.95 bits per heavy atom. The topological polar surface area (TPSA) is 132 Å². The third-order valence-corrected chi connectivity index (χ3v) is 7.75. The van der Waals surface area contributed by atoms with Gasteiger partial charge < -0.3 is 20.1 Å². The second-order valence-corrected chi connectivity index (χ2v) is 10.3. The van der Waals surface area contributed by atoms with E-state index in [0.717, 1.165) is 22.3 Å². The van der Waals surface area contributed by atoms with Crippen LogP contribution in [0.15, 0.2) is 99.9 Å². The number of carbonyl (C=O) groups is 1. The van der Waals surface area contributed by atoms with E-state index in [1.54, 1.807) is 13.1 Å². The zero-order valence-electron chi connectivity index (χ0n) is 22.0. The molecule has 1 fully saturated rings. The molecule has 3 aromatic rings. The molecule has 1 aromatic heterocycles. The first kappa shape index (κ1) is 26.3. The van der Waals surface area contributed by atoms with Gasteiger partial charge in [0.25, 0.3) is 0 Å². The molecule has 0 spiro atoms. The number of carboxylic acids is 1. The predicted molar refractivity (Wildman–Crippen MR) is 147 cm³/mol. The third-order valence-electron chi connectivity index (χ3n) is 7.75. The second-order valence-electron chi connectivity index (χ2n) is 10.3. The first-order valence-electron chi connectivity index (χ1n) is 13.1. The zero-order valence-corrected chi connectivity index (χ0v) is 22.0. The Morgan fingerprint density at radius 3 is 2.56 bits per heavy atom. The van der Waals surface area contributed by atoms with E-state index in [0.29, 0.717) is 36.4 Å². The molecular formula is C31H32N4O4. The SMILES string of the molecule is Cc1noc(-c2ccc(C3C=CC(C4(C(=O)O)CC4)=CC3C)cc2)c1C(O)/C(=C/NCc1ccccc1)N=N. The van der Waals surface area contributed by atoms with Gasteiger partial charge in [0.05, 0.1) is 16.7 Å². The van der Waals surface area contributed by atoms with Gasteiger partial charge in [0, 0.05) is 24.2 Å². The molecule has 3 atom stereocenters. The van der Waals surface area contributed by atoms with Crippen molar-refractivity contribution in [3.63, 3.8) is 0 Å². The van der Waals surface area contributed by atoms with Crippen LogP contribution in [0.25, 0.3) is 11.3 Å². The smallest absolute Gasteiger partial charge is 0.314 e. The Kier molecular flexibility index (Phi) is 7.30. The summed E-state index contributed by atoms with van der Waals surface area (Å²) < 4.78 is 5.62. The van der Waals surface area contributed by atoms with Crippen molar-refractivity contribution in [2.45, 2.75) is 45.3 Å². The highest BCUT2D eigenvalue weighted by atomic mass is 16.5. The molecule has 200 valence electrons. The number of aryl methyl sites for hydroxylation is 1. The van der Waals surface area contributed by atoms with Crippen molar-refractivity contribution in [2.75, 3.05) is 0 Å². The lowest BCUT2D eigenvalue weighted by atomic mass is 9.78. The van der Waals surface area contributed by atoms with E-state index in [9.17, 15) is 15.0 Å². The van der Waals surface area contributed by atoms with Crippen LogP contribution < -0.4 is 5.32 Å². The highest BCUT2D eigenvalue weighted by molar-refractivity contribution is 5.83. The standard InChI is InChI=1S/C31H32N4O4/c1-19-16-24(31(14-15-31)30(37)38)12-13-25(19)22-8-10-23(11-9-22)29-27(20(2)35-39-29)28(36)26(34-32)18-33-17-21-6-4-3-5-7-21/h3-13,16,18-19,25,28,32-33,36H,14-15,17H2,1-2H3,(H,37,38)/b26-18-,34-32?. The van der Waals surface area contributed by atoms with Gasteiger partial charge in [-0.15, -0.1) is 0 Å².